The molecule has 2 rings (SSSR count). The van der Waals surface area contributed by atoms with Crippen molar-refractivity contribution >= 4 is 5.97 Å². The first kappa shape index (κ1) is 10.9. The van der Waals surface area contributed by atoms with Crippen molar-refractivity contribution in [1.82, 2.24) is 0 Å². The Hall–Kier alpha value is -0.570. The fourth-order valence-electron chi connectivity index (χ4n) is 2.36. The summed E-state index contributed by atoms with van der Waals surface area (Å²) in [6, 6.07) is 0. The van der Waals surface area contributed by atoms with Crippen molar-refractivity contribution in [1.29, 1.82) is 0 Å². The van der Waals surface area contributed by atoms with Crippen LogP contribution in [0, 0.1) is 11.8 Å². The Bertz CT molecular complexity index is 239. The average molecular weight is 212 g/mol. The SMILES string of the molecule is CCCCOC(=O)C1CC2OC2CC1C. The summed E-state index contributed by atoms with van der Waals surface area (Å²) in [5.41, 5.74) is 0. The number of unbranched alkanes of at least 4 members (excludes halogenated alkanes) is 1. The van der Waals surface area contributed by atoms with Gasteiger partial charge in [0.15, 0.2) is 0 Å². The first-order chi connectivity index (χ1) is 7.22. The lowest BCUT2D eigenvalue weighted by atomic mass is 9.80. The number of fused-ring (bicyclic) bond motifs is 1. The van der Waals surface area contributed by atoms with Gasteiger partial charge in [0.2, 0.25) is 0 Å². The third kappa shape index (κ3) is 2.51. The summed E-state index contributed by atoms with van der Waals surface area (Å²) >= 11 is 0. The molecule has 0 radical (unpaired) electrons. The predicted molar refractivity (Wildman–Crippen MR) is 56.4 cm³/mol. The van der Waals surface area contributed by atoms with E-state index in [0.717, 1.165) is 25.7 Å². The lowest BCUT2D eigenvalue weighted by Gasteiger charge is -2.24. The molecule has 15 heavy (non-hydrogen) atoms. The van der Waals surface area contributed by atoms with Gasteiger partial charge >= 0.3 is 5.97 Å². The van der Waals surface area contributed by atoms with Gasteiger partial charge in [-0.3, -0.25) is 4.79 Å². The fraction of sp³-hybridized carbons (Fsp3) is 0.917. The number of carbonyl (C=O) groups is 1. The molecule has 0 bridgehead atoms. The maximum absolute atomic E-state index is 11.8. The van der Waals surface area contributed by atoms with Gasteiger partial charge in [-0.25, -0.2) is 0 Å². The van der Waals surface area contributed by atoms with Crippen LogP contribution < -0.4 is 0 Å². The first-order valence-corrected chi connectivity index (χ1v) is 6.04. The second-order valence-corrected chi connectivity index (χ2v) is 4.79. The molecule has 0 aromatic heterocycles. The lowest BCUT2D eigenvalue weighted by Crippen LogP contribution is -2.30. The minimum Gasteiger partial charge on any atom is -0.465 e. The molecule has 0 aromatic carbocycles. The van der Waals surface area contributed by atoms with Crippen molar-refractivity contribution in [3.05, 3.63) is 0 Å². The molecule has 1 saturated heterocycles. The van der Waals surface area contributed by atoms with Crippen molar-refractivity contribution in [2.75, 3.05) is 6.61 Å². The fourth-order valence-corrected chi connectivity index (χ4v) is 2.36. The highest BCUT2D eigenvalue weighted by atomic mass is 16.6. The van der Waals surface area contributed by atoms with Crippen molar-refractivity contribution in [2.24, 2.45) is 11.8 Å². The van der Waals surface area contributed by atoms with Crippen LogP contribution in [0.25, 0.3) is 0 Å². The van der Waals surface area contributed by atoms with Gasteiger partial charge in [-0.2, -0.15) is 0 Å². The molecule has 4 atom stereocenters. The van der Waals surface area contributed by atoms with E-state index in [-0.39, 0.29) is 11.9 Å². The molecule has 0 spiro atoms. The maximum Gasteiger partial charge on any atom is 0.309 e. The molecule has 1 saturated carbocycles. The molecule has 1 aliphatic heterocycles. The highest BCUT2D eigenvalue weighted by molar-refractivity contribution is 5.73. The molecule has 3 nitrogen and oxygen atoms in total. The van der Waals surface area contributed by atoms with Crippen LogP contribution in [0.1, 0.15) is 39.5 Å². The summed E-state index contributed by atoms with van der Waals surface area (Å²) in [6.07, 6.45) is 4.73. The van der Waals surface area contributed by atoms with Crippen molar-refractivity contribution in [3.63, 3.8) is 0 Å². The van der Waals surface area contributed by atoms with Crippen molar-refractivity contribution < 1.29 is 14.3 Å². The Balaban J connectivity index is 1.78. The normalized spacial score (nSPS) is 38.3. The Morgan fingerprint density at radius 1 is 1.40 bits per heavy atom. The molecule has 0 N–H and O–H groups in total. The number of hydrogen-bond acceptors (Lipinski definition) is 3. The predicted octanol–water partition coefficient (Wildman–Crippen LogP) is 2.14. The molecule has 0 aromatic rings. The molecule has 0 amide bonds. The smallest absolute Gasteiger partial charge is 0.309 e. The largest absolute Gasteiger partial charge is 0.465 e. The molecular formula is C12H20O3. The molecule has 4 unspecified atom stereocenters. The summed E-state index contributed by atoms with van der Waals surface area (Å²) < 4.78 is 10.7. The van der Waals surface area contributed by atoms with Gasteiger partial charge in [0, 0.05) is 0 Å². The monoisotopic (exact) mass is 212 g/mol. The zero-order valence-electron chi connectivity index (χ0n) is 9.57. The van der Waals surface area contributed by atoms with Crippen LogP contribution in [0.3, 0.4) is 0 Å². The van der Waals surface area contributed by atoms with Gasteiger partial charge in [-0.1, -0.05) is 20.3 Å². The summed E-state index contributed by atoms with van der Waals surface area (Å²) in [5.74, 6) is 0.485. The van der Waals surface area contributed by atoms with Gasteiger partial charge in [0.25, 0.3) is 0 Å². The van der Waals surface area contributed by atoms with Gasteiger partial charge in [-0.05, 0) is 25.2 Å². The van der Waals surface area contributed by atoms with Crippen molar-refractivity contribution in [2.45, 2.75) is 51.7 Å². The lowest BCUT2D eigenvalue weighted by molar-refractivity contribution is -0.151. The second-order valence-electron chi connectivity index (χ2n) is 4.79. The van der Waals surface area contributed by atoms with E-state index in [2.05, 4.69) is 13.8 Å². The quantitative estimate of drug-likeness (QED) is 0.407. The summed E-state index contributed by atoms with van der Waals surface area (Å²) in [6.45, 7) is 4.80. The number of epoxide rings is 1. The van der Waals surface area contributed by atoms with Crippen LogP contribution in [0.4, 0.5) is 0 Å². The van der Waals surface area contributed by atoms with Gasteiger partial charge < -0.3 is 9.47 Å². The highest BCUT2D eigenvalue weighted by Gasteiger charge is 2.49. The zero-order chi connectivity index (χ0) is 10.8. The van der Waals surface area contributed by atoms with E-state index >= 15 is 0 Å². The number of carbonyl (C=O) groups excluding carboxylic acids is 1. The van der Waals surface area contributed by atoms with Crippen LogP contribution >= 0.6 is 0 Å². The van der Waals surface area contributed by atoms with Crippen LogP contribution in [0.2, 0.25) is 0 Å². The minimum atomic E-state index is -0.00935. The Labute approximate surface area is 91.1 Å². The summed E-state index contributed by atoms with van der Waals surface area (Å²) in [4.78, 5) is 11.8. The maximum atomic E-state index is 11.8. The Morgan fingerprint density at radius 2 is 2.13 bits per heavy atom. The number of esters is 1. The molecular weight excluding hydrogens is 192 g/mol. The molecule has 2 fully saturated rings. The van der Waals surface area contributed by atoms with Crippen LogP contribution in [0.5, 0.6) is 0 Å². The molecule has 86 valence electrons. The van der Waals surface area contributed by atoms with E-state index in [0.29, 0.717) is 24.7 Å². The van der Waals surface area contributed by atoms with Gasteiger partial charge in [-0.15, -0.1) is 0 Å². The standard InChI is InChI=1S/C12H20O3/c1-3-4-5-14-12(13)9-7-11-10(15-11)6-8(9)2/h8-11H,3-7H2,1-2H3. The van der Waals surface area contributed by atoms with E-state index in [9.17, 15) is 4.79 Å². The first-order valence-electron chi connectivity index (χ1n) is 6.04. The van der Waals surface area contributed by atoms with E-state index in [4.69, 9.17) is 9.47 Å². The molecule has 2 aliphatic rings. The topological polar surface area (TPSA) is 38.8 Å². The Morgan fingerprint density at radius 3 is 2.87 bits per heavy atom. The summed E-state index contributed by atoms with van der Waals surface area (Å²) in [7, 11) is 0. The zero-order valence-corrected chi connectivity index (χ0v) is 9.57. The number of rotatable bonds is 4. The van der Waals surface area contributed by atoms with E-state index in [1.54, 1.807) is 0 Å². The third-order valence-electron chi connectivity index (χ3n) is 3.51. The van der Waals surface area contributed by atoms with E-state index in [1.807, 2.05) is 0 Å². The average Bonchev–Trinajstić information content (AvgIpc) is 2.94. The highest BCUT2D eigenvalue weighted by Crippen LogP contribution is 2.42. The van der Waals surface area contributed by atoms with E-state index in [1.165, 1.54) is 0 Å². The van der Waals surface area contributed by atoms with E-state index < -0.39 is 0 Å². The third-order valence-corrected chi connectivity index (χ3v) is 3.51. The number of ether oxygens (including phenoxy) is 2. The van der Waals surface area contributed by atoms with Crippen LogP contribution in [-0.2, 0) is 14.3 Å². The summed E-state index contributed by atoms with van der Waals surface area (Å²) in [5, 5.41) is 0. The number of hydrogen-bond donors (Lipinski definition) is 0. The van der Waals surface area contributed by atoms with Gasteiger partial charge in [0.1, 0.15) is 0 Å². The second kappa shape index (κ2) is 4.52. The Kier molecular flexibility index (Phi) is 3.29. The molecule has 3 heteroatoms. The van der Waals surface area contributed by atoms with Crippen LogP contribution in [-0.4, -0.2) is 24.8 Å². The minimum absolute atomic E-state index is 0.00935. The molecule has 1 aliphatic carbocycles. The van der Waals surface area contributed by atoms with Gasteiger partial charge in [0.05, 0.1) is 24.7 Å². The van der Waals surface area contributed by atoms with Crippen LogP contribution in [0.15, 0.2) is 0 Å². The van der Waals surface area contributed by atoms with Crippen molar-refractivity contribution in [3.8, 4) is 0 Å². The molecule has 1 heterocycles.